The Labute approximate surface area is 107 Å². The molecule has 0 amide bonds. The van der Waals surface area contributed by atoms with E-state index in [1.54, 1.807) is 6.20 Å². The van der Waals surface area contributed by atoms with E-state index in [4.69, 9.17) is 5.26 Å². The summed E-state index contributed by atoms with van der Waals surface area (Å²) in [6.07, 6.45) is 4.58. The number of aromatic nitrogens is 2. The number of nitrogens with one attached hydrogen (secondary N) is 2. The van der Waals surface area contributed by atoms with Crippen molar-refractivity contribution in [1.82, 2.24) is 15.3 Å². The van der Waals surface area contributed by atoms with E-state index in [9.17, 15) is 0 Å². The highest BCUT2D eigenvalue weighted by Crippen LogP contribution is 2.12. The van der Waals surface area contributed by atoms with E-state index in [1.165, 1.54) is 5.56 Å². The Morgan fingerprint density at radius 2 is 2.17 bits per heavy atom. The van der Waals surface area contributed by atoms with Crippen LogP contribution in [0, 0.1) is 11.3 Å². The number of nitrogens with zero attached hydrogens (tertiary/aromatic N) is 2. The number of hydrogen-bond acceptors (Lipinski definition) is 3. The Morgan fingerprint density at radius 3 is 2.72 bits per heavy atom. The molecule has 0 radical (unpaired) electrons. The summed E-state index contributed by atoms with van der Waals surface area (Å²) in [5, 5.41) is 12.2. The number of hydrogen-bond donors (Lipinski definition) is 2. The molecule has 0 saturated carbocycles. The molecule has 0 fully saturated rings. The maximum atomic E-state index is 8.73. The molecule has 0 aliphatic carbocycles. The van der Waals surface area contributed by atoms with E-state index in [2.05, 4.69) is 28.3 Å². The Kier molecular flexibility index (Phi) is 4.11. The third-order valence-electron chi connectivity index (χ3n) is 2.89. The van der Waals surface area contributed by atoms with Crippen molar-refractivity contribution in [3.05, 3.63) is 53.6 Å². The van der Waals surface area contributed by atoms with E-state index < -0.39 is 0 Å². The smallest absolute Gasteiger partial charge is 0.123 e. The van der Waals surface area contributed by atoms with Gasteiger partial charge in [0.25, 0.3) is 0 Å². The predicted molar refractivity (Wildman–Crippen MR) is 69.6 cm³/mol. The third kappa shape index (κ3) is 2.96. The maximum Gasteiger partial charge on any atom is 0.123 e. The zero-order valence-electron chi connectivity index (χ0n) is 10.4. The van der Waals surface area contributed by atoms with Gasteiger partial charge < -0.3 is 10.3 Å². The molecule has 1 atom stereocenters. The number of rotatable bonds is 5. The number of imidazole rings is 1. The third-order valence-corrected chi connectivity index (χ3v) is 2.89. The van der Waals surface area contributed by atoms with Gasteiger partial charge in [0.2, 0.25) is 0 Å². The average molecular weight is 240 g/mol. The van der Waals surface area contributed by atoms with Gasteiger partial charge in [0.05, 0.1) is 17.7 Å². The summed E-state index contributed by atoms with van der Waals surface area (Å²) >= 11 is 0. The molecular weight excluding hydrogens is 224 g/mol. The van der Waals surface area contributed by atoms with Crippen LogP contribution in [-0.2, 0) is 6.54 Å². The van der Waals surface area contributed by atoms with Crippen LogP contribution in [0.2, 0.25) is 0 Å². The molecule has 1 aromatic carbocycles. The largest absolute Gasteiger partial charge is 0.347 e. The van der Waals surface area contributed by atoms with Gasteiger partial charge in [-0.3, -0.25) is 0 Å². The summed E-state index contributed by atoms with van der Waals surface area (Å²) in [4.78, 5) is 7.39. The number of nitriles is 1. The van der Waals surface area contributed by atoms with Crippen LogP contribution >= 0.6 is 0 Å². The topological polar surface area (TPSA) is 64.5 Å². The second-order valence-corrected chi connectivity index (χ2v) is 4.12. The van der Waals surface area contributed by atoms with E-state index in [-0.39, 0.29) is 6.04 Å². The minimum absolute atomic E-state index is 0.232. The van der Waals surface area contributed by atoms with Gasteiger partial charge in [-0.15, -0.1) is 0 Å². The Bertz CT molecular complexity index is 508. The lowest BCUT2D eigenvalue weighted by molar-refractivity contribution is 0.498. The van der Waals surface area contributed by atoms with E-state index in [0.29, 0.717) is 5.56 Å². The second kappa shape index (κ2) is 5.99. The van der Waals surface area contributed by atoms with Crippen LogP contribution in [0.3, 0.4) is 0 Å². The molecule has 4 heteroatoms. The minimum atomic E-state index is 0.232. The van der Waals surface area contributed by atoms with Gasteiger partial charge in [-0.05, 0) is 24.1 Å². The van der Waals surface area contributed by atoms with Crippen LogP contribution in [0.4, 0.5) is 0 Å². The molecule has 2 aromatic rings. The first-order chi connectivity index (χ1) is 8.83. The van der Waals surface area contributed by atoms with Crippen molar-refractivity contribution in [2.75, 3.05) is 0 Å². The van der Waals surface area contributed by atoms with Crippen molar-refractivity contribution in [3.63, 3.8) is 0 Å². The quantitative estimate of drug-likeness (QED) is 0.844. The molecule has 0 saturated heterocycles. The predicted octanol–water partition coefficient (Wildman–Crippen LogP) is 2.52. The van der Waals surface area contributed by atoms with Crippen LogP contribution in [0.15, 0.2) is 36.7 Å². The summed E-state index contributed by atoms with van der Waals surface area (Å²) in [7, 11) is 0. The first-order valence-electron chi connectivity index (χ1n) is 6.05. The summed E-state index contributed by atoms with van der Waals surface area (Å²) in [6, 6.07) is 9.97. The average Bonchev–Trinajstić information content (AvgIpc) is 2.94. The van der Waals surface area contributed by atoms with Gasteiger partial charge in [0.15, 0.2) is 0 Å². The van der Waals surface area contributed by atoms with E-state index >= 15 is 0 Å². The van der Waals surface area contributed by atoms with Gasteiger partial charge in [-0.2, -0.15) is 5.26 Å². The van der Waals surface area contributed by atoms with Crippen molar-refractivity contribution in [3.8, 4) is 6.07 Å². The molecule has 92 valence electrons. The highest BCUT2D eigenvalue weighted by atomic mass is 15.0. The van der Waals surface area contributed by atoms with Crippen LogP contribution in [0.25, 0.3) is 0 Å². The molecule has 1 aromatic heterocycles. The summed E-state index contributed by atoms with van der Waals surface area (Å²) in [5.74, 6) is 0.964. The van der Waals surface area contributed by atoms with Crippen LogP contribution in [0.5, 0.6) is 0 Å². The number of aromatic amines is 1. The molecule has 2 N–H and O–H groups in total. The highest BCUT2D eigenvalue weighted by Gasteiger charge is 2.10. The zero-order chi connectivity index (χ0) is 12.8. The summed E-state index contributed by atoms with van der Waals surface area (Å²) in [5.41, 5.74) is 1.86. The minimum Gasteiger partial charge on any atom is -0.347 e. The van der Waals surface area contributed by atoms with Gasteiger partial charge in [0, 0.05) is 18.9 Å². The van der Waals surface area contributed by atoms with Crippen molar-refractivity contribution in [2.45, 2.75) is 25.9 Å². The fourth-order valence-corrected chi connectivity index (χ4v) is 1.84. The fourth-order valence-electron chi connectivity index (χ4n) is 1.84. The fraction of sp³-hybridized carbons (Fsp3) is 0.286. The van der Waals surface area contributed by atoms with Crippen molar-refractivity contribution >= 4 is 0 Å². The molecule has 0 spiro atoms. The molecule has 4 nitrogen and oxygen atoms in total. The molecule has 2 rings (SSSR count). The highest BCUT2D eigenvalue weighted by molar-refractivity contribution is 5.31. The summed E-state index contributed by atoms with van der Waals surface area (Å²) in [6.45, 7) is 2.89. The van der Waals surface area contributed by atoms with Crippen molar-refractivity contribution < 1.29 is 0 Å². The van der Waals surface area contributed by atoms with Crippen molar-refractivity contribution in [2.24, 2.45) is 0 Å². The molecule has 18 heavy (non-hydrogen) atoms. The number of benzene rings is 1. The number of H-pyrrole nitrogens is 1. The lowest BCUT2D eigenvalue weighted by Crippen LogP contribution is -2.21. The first-order valence-corrected chi connectivity index (χ1v) is 6.05. The molecule has 0 aliphatic heterocycles. The van der Waals surface area contributed by atoms with Crippen LogP contribution < -0.4 is 5.32 Å². The summed E-state index contributed by atoms with van der Waals surface area (Å²) < 4.78 is 0. The normalized spacial score (nSPS) is 12.0. The monoisotopic (exact) mass is 240 g/mol. The van der Waals surface area contributed by atoms with Crippen molar-refractivity contribution in [1.29, 1.82) is 5.26 Å². The molecule has 1 unspecified atom stereocenters. The lowest BCUT2D eigenvalue weighted by atomic mass is 10.1. The molecule has 0 bridgehead atoms. The van der Waals surface area contributed by atoms with Gasteiger partial charge in [0.1, 0.15) is 5.82 Å². The Hall–Kier alpha value is -2.12. The maximum absolute atomic E-state index is 8.73. The van der Waals surface area contributed by atoms with Gasteiger partial charge in [-0.25, -0.2) is 4.98 Å². The molecular formula is C14H16N4. The van der Waals surface area contributed by atoms with E-state index in [1.807, 2.05) is 30.5 Å². The van der Waals surface area contributed by atoms with Crippen LogP contribution in [0.1, 0.15) is 36.3 Å². The van der Waals surface area contributed by atoms with Gasteiger partial charge >= 0.3 is 0 Å². The molecule has 1 heterocycles. The molecule has 0 aliphatic rings. The Balaban J connectivity index is 1.95. The van der Waals surface area contributed by atoms with Crippen LogP contribution in [-0.4, -0.2) is 9.97 Å². The first kappa shape index (κ1) is 12.3. The Morgan fingerprint density at radius 1 is 1.39 bits per heavy atom. The second-order valence-electron chi connectivity index (χ2n) is 4.12. The van der Waals surface area contributed by atoms with Gasteiger partial charge in [-0.1, -0.05) is 19.1 Å². The SMILES string of the molecule is CCC(NCc1ccc(C#N)cc1)c1ncc[nH]1. The zero-order valence-corrected chi connectivity index (χ0v) is 10.4. The standard InChI is InChI=1S/C14H16N4/c1-2-13(14-16-7-8-17-14)18-10-12-5-3-11(9-15)4-6-12/h3-8,13,18H,2,10H2,1H3,(H,16,17). The lowest BCUT2D eigenvalue weighted by Gasteiger charge is -2.14. The van der Waals surface area contributed by atoms with E-state index in [0.717, 1.165) is 18.8 Å².